The van der Waals surface area contributed by atoms with Gasteiger partial charge in [-0.3, -0.25) is 0 Å². The molecule has 0 spiro atoms. The zero-order chi connectivity index (χ0) is 44.0. The molecule has 0 bridgehead atoms. The van der Waals surface area contributed by atoms with Crippen molar-refractivity contribution in [1.29, 1.82) is 0 Å². The zero-order valence-corrected chi connectivity index (χ0v) is 36.8. The lowest BCUT2D eigenvalue weighted by atomic mass is 9.95. The molecule has 0 N–H and O–H groups in total. The summed E-state index contributed by atoms with van der Waals surface area (Å²) >= 11 is 1.84. The molecule has 67 heavy (non-hydrogen) atoms. The number of hydrogen-bond donors (Lipinski definition) is 0. The number of fused-ring (bicyclic) bond motifs is 10. The molecule has 312 valence electrons. The van der Waals surface area contributed by atoms with Gasteiger partial charge in [0.1, 0.15) is 0 Å². The van der Waals surface area contributed by atoms with E-state index in [1.165, 1.54) is 47.1 Å². The van der Waals surface area contributed by atoms with Crippen molar-refractivity contribution in [2.45, 2.75) is 0 Å². The van der Waals surface area contributed by atoms with Gasteiger partial charge in [0.2, 0.25) is 0 Å². The summed E-state index contributed by atoms with van der Waals surface area (Å²) in [6.45, 7) is 0. The molecular formula is C61H37N5S. The molecule has 0 saturated heterocycles. The molecule has 0 fully saturated rings. The third kappa shape index (κ3) is 5.90. The Labute approximate surface area is 389 Å². The van der Waals surface area contributed by atoms with Gasteiger partial charge >= 0.3 is 0 Å². The first-order valence-electron chi connectivity index (χ1n) is 22.6. The van der Waals surface area contributed by atoms with Crippen LogP contribution in [0.2, 0.25) is 0 Å². The maximum Gasteiger partial charge on any atom is 0.166 e. The van der Waals surface area contributed by atoms with Crippen LogP contribution in [0.15, 0.2) is 224 Å². The van der Waals surface area contributed by atoms with E-state index in [0.717, 1.165) is 66.6 Å². The van der Waals surface area contributed by atoms with Gasteiger partial charge in [-0.15, -0.1) is 11.3 Å². The monoisotopic (exact) mass is 871 g/mol. The highest BCUT2D eigenvalue weighted by Crippen LogP contribution is 2.45. The van der Waals surface area contributed by atoms with E-state index >= 15 is 0 Å². The highest BCUT2D eigenvalue weighted by Gasteiger charge is 2.23. The lowest BCUT2D eigenvalue weighted by molar-refractivity contribution is 1.07. The maximum atomic E-state index is 5.48. The standard InChI is InChI=1S/C61H37N5S/c1-3-17-38(18-4-1)59-62-60(64-61(63-59)48-28-15-27-46-43-23-9-12-29-51(43)65(58(46)48)42-21-5-2-6-22-42)41-33-34-53(50(36-41)45-26-16-32-56-57(45)47-25-11-14-31-55(47)67-56)66-52-30-13-10-24-44(52)49-35-39-19-7-8-20-40(39)37-54(49)66/h1-37H. The van der Waals surface area contributed by atoms with Crippen LogP contribution in [0.1, 0.15) is 0 Å². The first kappa shape index (κ1) is 37.6. The third-order valence-electron chi connectivity index (χ3n) is 13.3. The summed E-state index contributed by atoms with van der Waals surface area (Å²) in [7, 11) is 0. The molecule has 0 saturated carbocycles. The lowest BCUT2D eigenvalue weighted by Crippen LogP contribution is -2.03. The Balaban J connectivity index is 1.07. The number of rotatable bonds is 6. The molecule has 0 amide bonds. The smallest absolute Gasteiger partial charge is 0.166 e. The van der Waals surface area contributed by atoms with Gasteiger partial charge in [0.15, 0.2) is 17.5 Å². The van der Waals surface area contributed by atoms with Crippen LogP contribution >= 0.6 is 11.3 Å². The average Bonchev–Trinajstić information content (AvgIpc) is 4.06. The van der Waals surface area contributed by atoms with Gasteiger partial charge in [-0.1, -0.05) is 152 Å². The summed E-state index contributed by atoms with van der Waals surface area (Å²) in [5.74, 6) is 1.83. The fourth-order valence-electron chi connectivity index (χ4n) is 10.4. The van der Waals surface area contributed by atoms with Crippen molar-refractivity contribution in [3.05, 3.63) is 224 Å². The number of aromatic nitrogens is 5. The highest BCUT2D eigenvalue weighted by molar-refractivity contribution is 7.25. The molecule has 0 unspecified atom stereocenters. The Hall–Kier alpha value is -8.71. The summed E-state index contributed by atoms with van der Waals surface area (Å²) in [4.78, 5) is 16.1. The molecule has 5 nitrogen and oxygen atoms in total. The van der Waals surface area contributed by atoms with Gasteiger partial charge in [0.25, 0.3) is 0 Å². The molecule has 0 aliphatic heterocycles. The molecule has 4 aromatic heterocycles. The van der Waals surface area contributed by atoms with Crippen LogP contribution in [0.3, 0.4) is 0 Å². The Bertz CT molecular complexity index is 4280. The average molecular weight is 872 g/mol. The predicted octanol–water partition coefficient (Wildman–Crippen LogP) is 16.3. The fraction of sp³-hybridized carbons (Fsp3) is 0. The van der Waals surface area contributed by atoms with Crippen molar-refractivity contribution in [1.82, 2.24) is 24.1 Å². The third-order valence-corrected chi connectivity index (χ3v) is 14.5. The number of benzene rings is 10. The molecular weight excluding hydrogens is 835 g/mol. The Morgan fingerprint density at radius 2 is 0.910 bits per heavy atom. The normalized spacial score (nSPS) is 11.9. The van der Waals surface area contributed by atoms with Crippen LogP contribution < -0.4 is 0 Å². The van der Waals surface area contributed by atoms with Crippen molar-refractivity contribution in [3.8, 4) is 56.7 Å². The van der Waals surface area contributed by atoms with Crippen LogP contribution in [-0.2, 0) is 0 Å². The zero-order valence-electron chi connectivity index (χ0n) is 36.0. The van der Waals surface area contributed by atoms with Crippen molar-refractivity contribution in [2.75, 3.05) is 0 Å². The number of thiophene rings is 1. The van der Waals surface area contributed by atoms with Gasteiger partial charge in [-0.25, -0.2) is 15.0 Å². The molecule has 6 heteroatoms. The quantitative estimate of drug-likeness (QED) is 0.167. The summed E-state index contributed by atoms with van der Waals surface area (Å²) in [6.07, 6.45) is 0. The molecule has 0 atom stereocenters. The van der Waals surface area contributed by atoms with E-state index in [1.807, 2.05) is 29.5 Å². The van der Waals surface area contributed by atoms with Crippen LogP contribution in [-0.4, -0.2) is 24.1 Å². The minimum absolute atomic E-state index is 0.603. The lowest BCUT2D eigenvalue weighted by Gasteiger charge is -2.17. The minimum Gasteiger partial charge on any atom is -0.309 e. The van der Waals surface area contributed by atoms with Crippen molar-refractivity contribution in [2.24, 2.45) is 0 Å². The topological polar surface area (TPSA) is 48.5 Å². The van der Waals surface area contributed by atoms with E-state index in [1.54, 1.807) is 0 Å². The number of hydrogen-bond acceptors (Lipinski definition) is 4. The highest BCUT2D eigenvalue weighted by atomic mass is 32.1. The summed E-state index contributed by atoms with van der Waals surface area (Å²) in [5.41, 5.74) is 11.7. The van der Waals surface area contributed by atoms with Gasteiger partial charge < -0.3 is 9.13 Å². The van der Waals surface area contributed by atoms with E-state index in [0.29, 0.717) is 17.5 Å². The van der Waals surface area contributed by atoms with E-state index in [4.69, 9.17) is 15.0 Å². The van der Waals surface area contributed by atoms with E-state index in [2.05, 4.69) is 215 Å². The van der Waals surface area contributed by atoms with Crippen molar-refractivity contribution < 1.29 is 0 Å². The van der Waals surface area contributed by atoms with Gasteiger partial charge in [0, 0.05) is 69.7 Å². The van der Waals surface area contributed by atoms with Crippen molar-refractivity contribution >= 4 is 85.9 Å². The van der Waals surface area contributed by atoms with Crippen LogP contribution in [0.5, 0.6) is 0 Å². The molecule has 14 rings (SSSR count). The molecule has 0 aliphatic rings. The molecule has 0 aliphatic carbocycles. The first-order valence-corrected chi connectivity index (χ1v) is 23.4. The number of para-hydroxylation sites is 4. The maximum absolute atomic E-state index is 5.48. The fourth-order valence-corrected chi connectivity index (χ4v) is 11.5. The van der Waals surface area contributed by atoms with Gasteiger partial charge in [-0.2, -0.15) is 0 Å². The molecule has 10 aromatic carbocycles. The van der Waals surface area contributed by atoms with Crippen LogP contribution in [0.25, 0.3) is 131 Å². The Morgan fingerprint density at radius 3 is 1.72 bits per heavy atom. The second-order valence-corrected chi connectivity index (χ2v) is 18.2. The first-order chi connectivity index (χ1) is 33.2. The second kappa shape index (κ2) is 14.9. The number of nitrogens with zero attached hydrogens (tertiary/aromatic N) is 5. The van der Waals surface area contributed by atoms with Crippen LogP contribution in [0, 0.1) is 0 Å². The van der Waals surface area contributed by atoms with Gasteiger partial charge in [-0.05, 0) is 89.1 Å². The summed E-state index contributed by atoms with van der Waals surface area (Å²) < 4.78 is 7.32. The van der Waals surface area contributed by atoms with Crippen molar-refractivity contribution in [3.63, 3.8) is 0 Å². The van der Waals surface area contributed by atoms with Gasteiger partial charge in [0.05, 0.1) is 27.8 Å². The minimum atomic E-state index is 0.603. The van der Waals surface area contributed by atoms with E-state index in [9.17, 15) is 0 Å². The summed E-state index contributed by atoms with van der Waals surface area (Å²) in [6, 6.07) is 80.4. The van der Waals surface area contributed by atoms with E-state index < -0.39 is 0 Å². The SMILES string of the molecule is c1ccc(-c2nc(-c3ccc(-n4c5ccccc5c5cc6ccccc6cc54)c(-c4cccc5sc6ccccc6c45)c3)nc(-c3cccc4c5ccccc5n(-c5ccccc5)c34)n2)cc1. The summed E-state index contributed by atoms with van der Waals surface area (Å²) in [5, 5.41) is 9.68. The predicted molar refractivity (Wildman–Crippen MR) is 281 cm³/mol. The van der Waals surface area contributed by atoms with E-state index in [-0.39, 0.29) is 0 Å². The van der Waals surface area contributed by atoms with Crippen LogP contribution in [0.4, 0.5) is 0 Å². The second-order valence-electron chi connectivity index (χ2n) is 17.1. The molecule has 0 radical (unpaired) electrons. The Kier molecular flexibility index (Phi) is 8.38. The Morgan fingerprint density at radius 1 is 0.328 bits per heavy atom. The molecule has 4 heterocycles. The largest absolute Gasteiger partial charge is 0.309 e. The molecule has 14 aromatic rings.